The van der Waals surface area contributed by atoms with E-state index in [9.17, 15) is 0 Å². The second-order valence-electron chi connectivity index (χ2n) is 8.57. The normalized spacial score (nSPS) is 33.5. The molecule has 128 valence electrons. The Morgan fingerprint density at radius 3 is 1.36 bits per heavy atom. The van der Waals surface area contributed by atoms with Crippen LogP contribution in [0.25, 0.3) is 0 Å². The van der Waals surface area contributed by atoms with E-state index in [1.165, 1.54) is 32.1 Å². The van der Waals surface area contributed by atoms with E-state index in [2.05, 4.69) is 6.92 Å². The lowest BCUT2D eigenvalue weighted by Crippen LogP contribution is -2.30. The number of rotatable bonds is 3. The van der Waals surface area contributed by atoms with E-state index in [0.29, 0.717) is 7.92 Å². The summed E-state index contributed by atoms with van der Waals surface area (Å²) in [5.74, 6) is 1.05. The van der Waals surface area contributed by atoms with Crippen molar-refractivity contribution >= 4 is 7.92 Å². The quantitative estimate of drug-likeness (QED) is 0.373. The van der Waals surface area contributed by atoms with Crippen molar-refractivity contribution < 1.29 is 0 Å². The first kappa shape index (κ1) is 17.3. The molecule has 3 aliphatic rings. The third kappa shape index (κ3) is 4.49. The predicted octanol–water partition coefficient (Wildman–Crippen LogP) is 7.49. The smallest absolute Gasteiger partial charge is 0.0178 e. The Hall–Kier alpha value is 0.430. The van der Waals surface area contributed by atoms with Crippen LogP contribution in [0.1, 0.15) is 110 Å². The van der Waals surface area contributed by atoms with Gasteiger partial charge in [0.05, 0.1) is 0 Å². The van der Waals surface area contributed by atoms with Crippen LogP contribution < -0.4 is 0 Å². The van der Waals surface area contributed by atoms with Crippen molar-refractivity contribution in [3.8, 4) is 0 Å². The topological polar surface area (TPSA) is 0 Å². The zero-order valence-corrected chi connectivity index (χ0v) is 16.0. The molecule has 0 bridgehead atoms. The first-order valence-corrected chi connectivity index (χ1v) is 12.2. The van der Waals surface area contributed by atoms with Crippen LogP contribution in [0, 0.1) is 5.92 Å². The fraction of sp³-hybridized carbons (Fsp3) is 1.00. The van der Waals surface area contributed by atoms with Crippen LogP contribution in [0.4, 0.5) is 0 Å². The predicted molar refractivity (Wildman–Crippen MR) is 101 cm³/mol. The van der Waals surface area contributed by atoms with E-state index < -0.39 is 0 Å². The Kier molecular flexibility index (Phi) is 7.10. The van der Waals surface area contributed by atoms with Gasteiger partial charge in [0.1, 0.15) is 0 Å². The summed E-state index contributed by atoms with van der Waals surface area (Å²) < 4.78 is 0. The standard InChI is InChI=1S/C21H39P/c1-18-12-10-11-17-21(18)22(19-13-6-2-3-7-14-19)20-15-8-4-5-9-16-20/h18-21H,2-17H2,1H3. The first-order valence-electron chi connectivity index (χ1n) is 10.6. The molecule has 0 saturated heterocycles. The Bertz CT molecular complexity index is 277. The molecule has 0 aromatic rings. The molecule has 2 unspecified atom stereocenters. The molecule has 0 aromatic heterocycles. The Labute approximate surface area is 141 Å². The van der Waals surface area contributed by atoms with E-state index in [4.69, 9.17) is 0 Å². The molecule has 0 aliphatic heterocycles. The highest BCUT2D eigenvalue weighted by Crippen LogP contribution is 2.62. The SMILES string of the molecule is CC1CCCCC1P(C1CCCCCC1)C1CCCCCC1. The third-order valence-corrected chi connectivity index (χ3v) is 11.2. The molecular weight excluding hydrogens is 283 g/mol. The van der Waals surface area contributed by atoms with Gasteiger partial charge in [-0.1, -0.05) is 85.5 Å². The monoisotopic (exact) mass is 322 g/mol. The van der Waals surface area contributed by atoms with E-state index in [1.807, 2.05) is 0 Å². The molecule has 22 heavy (non-hydrogen) atoms. The fourth-order valence-corrected chi connectivity index (χ4v) is 10.5. The van der Waals surface area contributed by atoms with Gasteiger partial charge in [-0.3, -0.25) is 0 Å². The summed E-state index contributed by atoms with van der Waals surface area (Å²) in [6.45, 7) is 2.62. The maximum atomic E-state index is 2.62. The highest BCUT2D eigenvalue weighted by molar-refractivity contribution is 7.60. The largest absolute Gasteiger partial charge is 0.0969 e. The molecule has 1 heteroatoms. The van der Waals surface area contributed by atoms with Crippen molar-refractivity contribution in [1.82, 2.24) is 0 Å². The van der Waals surface area contributed by atoms with Crippen molar-refractivity contribution in [3.63, 3.8) is 0 Å². The lowest BCUT2D eigenvalue weighted by molar-refractivity contribution is 0.387. The molecule has 0 amide bonds. The second kappa shape index (κ2) is 9.05. The van der Waals surface area contributed by atoms with Crippen LogP contribution >= 0.6 is 7.92 Å². The molecule has 2 atom stereocenters. The summed E-state index contributed by atoms with van der Waals surface area (Å²) in [7, 11) is 0.311. The molecule has 3 aliphatic carbocycles. The van der Waals surface area contributed by atoms with Gasteiger partial charge in [0.2, 0.25) is 0 Å². The first-order chi connectivity index (χ1) is 10.9. The van der Waals surface area contributed by atoms with Gasteiger partial charge in [-0.2, -0.15) is 0 Å². The summed E-state index contributed by atoms with van der Waals surface area (Å²) in [4.78, 5) is 0. The highest BCUT2D eigenvalue weighted by Gasteiger charge is 2.38. The van der Waals surface area contributed by atoms with E-state index in [-0.39, 0.29) is 0 Å². The molecule has 3 fully saturated rings. The molecule has 0 spiro atoms. The van der Waals surface area contributed by atoms with Crippen LogP contribution in [0.3, 0.4) is 0 Å². The fourth-order valence-electron chi connectivity index (χ4n) is 5.69. The molecule has 0 nitrogen and oxygen atoms in total. The lowest BCUT2D eigenvalue weighted by atomic mass is 9.90. The molecule has 3 rings (SSSR count). The number of hydrogen-bond acceptors (Lipinski definition) is 0. The van der Waals surface area contributed by atoms with E-state index in [0.717, 1.165) is 22.9 Å². The maximum absolute atomic E-state index is 2.62. The van der Waals surface area contributed by atoms with Gasteiger partial charge >= 0.3 is 0 Å². The van der Waals surface area contributed by atoms with Gasteiger partial charge in [0.15, 0.2) is 0 Å². The van der Waals surface area contributed by atoms with E-state index in [1.54, 1.807) is 70.6 Å². The van der Waals surface area contributed by atoms with Crippen molar-refractivity contribution in [2.75, 3.05) is 0 Å². The van der Waals surface area contributed by atoms with Gasteiger partial charge in [0.25, 0.3) is 0 Å². The Morgan fingerprint density at radius 2 is 0.909 bits per heavy atom. The Morgan fingerprint density at radius 1 is 0.500 bits per heavy atom. The van der Waals surface area contributed by atoms with Crippen LogP contribution in [-0.2, 0) is 0 Å². The van der Waals surface area contributed by atoms with Crippen LogP contribution in [0.15, 0.2) is 0 Å². The molecule has 0 radical (unpaired) electrons. The number of hydrogen-bond donors (Lipinski definition) is 0. The lowest BCUT2D eigenvalue weighted by Gasteiger charge is -2.44. The van der Waals surface area contributed by atoms with Gasteiger partial charge < -0.3 is 0 Å². The zero-order chi connectivity index (χ0) is 15.2. The summed E-state index contributed by atoms with van der Waals surface area (Å²) in [5.41, 5.74) is 3.47. The van der Waals surface area contributed by atoms with Crippen molar-refractivity contribution in [1.29, 1.82) is 0 Å². The van der Waals surface area contributed by atoms with Gasteiger partial charge in [-0.15, -0.1) is 0 Å². The minimum Gasteiger partial charge on any atom is -0.0969 e. The average Bonchev–Trinajstić information content (AvgIpc) is 2.95. The minimum absolute atomic E-state index is 0.311. The highest BCUT2D eigenvalue weighted by atomic mass is 31.1. The van der Waals surface area contributed by atoms with Gasteiger partial charge in [-0.05, 0) is 55.0 Å². The average molecular weight is 323 g/mol. The maximum Gasteiger partial charge on any atom is -0.0178 e. The molecule has 3 saturated carbocycles. The van der Waals surface area contributed by atoms with Crippen molar-refractivity contribution in [3.05, 3.63) is 0 Å². The van der Waals surface area contributed by atoms with E-state index >= 15 is 0 Å². The zero-order valence-electron chi connectivity index (χ0n) is 15.1. The Balaban J connectivity index is 1.76. The van der Waals surface area contributed by atoms with Crippen LogP contribution in [0.2, 0.25) is 0 Å². The van der Waals surface area contributed by atoms with Crippen LogP contribution in [0.5, 0.6) is 0 Å². The molecular formula is C21H39P. The van der Waals surface area contributed by atoms with Crippen molar-refractivity contribution in [2.45, 2.75) is 127 Å². The molecule has 0 heterocycles. The van der Waals surface area contributed by atoms with Gasteiger partial charge in [0, 0.05) is 0 Å². The summed E-state index contributed by atoms with van der Waals surface area (Å²) in [5, 5.41) is 0. The molecule has 0 N–H and O–H groups in total. The minimum atomic E-state index is 0.311. The van der Waals surface area contributed by atoms with Crippen LogP contribution in [-0.4, -0.2) is 17.0 Å². The second-order valence-corrected chi connectivity index (χ2v) is 11.6. The molecule has 0 aromatic carbocycles. The van der Waals surface area contributed by atoms with Crippen molar-refractivity contribution in [2.24, 2.45) is 5.92 Å². The third-order valence-electron chi connectivity index (χ3n) is 6.94. The summed E-state index contributed by atoms with van der Waals surface area (Å²) >= 11 is 0. The summed E-state index contributed by atoms with van der Waals surface area (Å²) in [6.07, 6.45) is 25.0. The summed E-state index contributed by atoms with van der Waals surface area (Å²) in [6, 6.07) is 0. The van der Waals surface area contributed by atoms with Gasteiger partial charge in [-0.25, -0.2) is 0 Å².